The van der Waals surface area contributed by atoms with Crippen molar-refractivity contribution in [2.75, 3.05) is 24.7 Å². The summed E-state index contributed by atoms with van der Waals surface area (Å²) in [4.78, 5) is 28.7. The molecule has 3 aromatic carbocycles. The maximum atomic E-state index is 14.5. The summed E-state index contributed by atoms with van der Waals surface area (Å²) < 4.78 is 39.0. The van der Waals surface area contributed by atoms with Gasteiger partial charge >= 0.3 is 0 Å². The summed E-state index contributed by atoms with van der Waals surface area (Å²) in [5.41, 5.74) is 1.12. The molecule has 7 nitrogen and oxygen atoms in total. The van der Waals surface area contributed by atoms with Crippen molar-refractivity contribution in [3.63, 3.8) is 0 Å². The fourth-order valence-electron chi connectivity index (χ4n) is 3.97. The van der Waals surface area contributed by atoms with Crippen LogP contribution in [0.2, 0.25) is 0 Å². The summed E-state index contributed by atoms with van der Waals surface area (Å²) >= 11 is 0. The summed E-state index contributed by atoms with van der Waals surface area (Å²) in [7, 11) is -1.68. The van der Waals surface area contributed by atoms with E-state index >= 15 is 0 Å². The minimum Gasteiger partial charge on any atom is -0.351 e. The van der Waals surface area contributed by atoms with Crippen LogP contribution in [-0.2, 0) is 26.8 Å². The number of fused-ring (bicyclic) bond motifs is 2. The van der Waals surface area contributed by atoms with Crippen LogP contribution in [0.4, 0.5) is 10.1 Å². The first-order chi connectivity index (χ1) is 17.4. The van der Waals surface area contributed by atoms with E-state index < -0.39 is 34.7 Å². The van der Waals surface area contributed by atoms with Crippen molar-refractivity contribution in [3.05, 3.63) is 89.2 Å². The molecule has 1 heterocycles. The van der Waals surface area contributed by atoms with Gasteiger partial charge in [-0.1, -0.05) is 30.3 Å². The number of benzene rings is 3. The highest BCUT2D eigenvalue weighted by molar-refractivity contribution is 7.85. The first kappa shape index (κ1) is 25.7. The number of carbonyl (C=O) groups excluding carboxylic acids is 2. The Hall–Kier alpha value is -3.40. The van der Waals surface area contributed by atoms with E-state index in [0.717, 1.165) is 0 Å². The third-order valence-electron chi connectivity index (χ3n) is 5.69. The molecule has 3 aromatic rings. The van der Waals surface area contributed by atoms with E-state index in [1.165, 1.54) is 17.0 Å². The first-order valence-electron chi connectivity index (χ1n) is 11.7. The van der Waals surface area contributed by atoms with Gasteiger partial charge in [-0.3, -0.25) is 9.59 Å². The van der Waals surface area contributed by atoms with Crippen LogP contribution < -0.4 is 10.2 Å². The topological polar surface area (TPSA) is 84.9 Å². The number of hydrogen-bond donors (Lipinski definition) is 1. The molecule has 0 saturated carbocycles. The molecule has 0 saturated heterocycles. The zero-order chi connectivity index (χ0) is 25.7. The zero-order valence-corrected chi connectivity index (χ0v) is 20.8. The number of halogens is 1. The average molecular weight is 511 g/mol. The Morgan fingerprint density at radius 1 is 1.00 bits per heavy atom. The number of rotatable bonds is 9. The molecule has 4 rings (SSSR count). The highest BCUT2D eigenvalue weighted by atomic mass is 32.2. The summed E-state index contributed by atoms with van der Waals surface area (Å²) in [5.74, 6) is -1.29. The lowest BCUT2D eigenvalue weighted by Crippen LogP contribution is -2.35. The van der Waals surface area contributed by atoms with Crippen LogP contribution in [0.15, 0.2) is 76.5 Å². The molecule has 188 valence electrons. The molecule has 0 spiro atoms. The second-order valence-corrected chi connectivity index (χ2v) is 9.40. The van der Waals surface area contributed by atoms with Gasteiger partial charge in [0, 0.05) is 24.3 Å². The molecular formula is C27H27FN2O5S. The molecule has 0 aliphatic carbocycles. The SMILES string of the molecule is CCOC(CNC(=O)c1ccc2c(c1)N(Cc1ccccc1F)C(=O)c1ccccc1[S@@]2=O)OCC. The third kappa shape index (κ3) is 5.38. The number of nitrogens with zero attached hydrogens (tertiary/aromatic N) is 1. The van der Waals surface area contributed by atoms with Crippen molar-refractivity contribution in [3.8, 4) is 0 Å². The summed E-state index contributed by atoms with van der Waals surface area (Å²) in [6.45, 7) is 4.57. The normalized spacial score (nSPS) is 14.8. The first-order valence-corrected chi connectivity index (χ1v) is 12.8. The van der Waals surface area contributed by atoms with Gasteiger partial charge in [0.05, 0.1) is 44.9 Å². The van der Waals surface area contributed by atoms with Gasteiger partial charge in [-0.15, -0.1) is 0 Å². The van der Waals surface area contributed by atoms with E-state index in [-0.39, 0.29) is 29.9 Å². The van der Waals surface area contributed by atoms with Crippen molar-refractivity contribution < 1.29 is 27.7 Å². The summed E-state index contributed by atoms with van der Waals surface area (Å²) in [5, 5.41) is 2.78. The molecular weight excluding hydrogens is 483 g/mol. The monoisotopic (exact) mass is 510 g/mol. The highest BCUT2D eigenvalue weighted by Gasteiger charge is 2.32. The van der Waals surface area contributed by atoms with Gasteiger partial charge in [0.15, 0.2) is 6.29 Å². The molecule has 36 heavy (non-hydrogen) atoms. The largest absolute Gasteiger partial charge is 0.351 e. The third-order valence-corrected chi connectivity index (χ3v) is 7.19. The lowest BCUT2D eigenvalue weighted by Gasteiger charge is -2.24. The Morgan fingerprint density at radius 3 is 2.42 bits per heavy atom. The quantitative estimate of drug-likeness (QED) is 0.435. The van der Waals surface area contributed by atoms with Gasteiger partial charge in [0.2, 0.25) is 0 Å². The smallest absolute Gasteiger partial charge is 0.259 e. The van der Waals surface area contributed by atoms with E-state index in [1.807, 2.05) is 13.8 Å². The van der Waals surface area contributed by atoms with Crippen LogP contribution >= 0.6 is 0 Å². The lowest BCUT2D eigenvalue weighted by molar-refractivity contribution is -0.131. The molecule has 0 aromatic heterocycles. The van der Waals surface area contributed by atoms with Crippen LogP contribution in [0, 0.1) is 5.82 Å². The fraction of sp³-hybridized carbons (Fsp3) is 0.259. The van der Waals surface area contributed by atoms with Crippen LogP contribution in [0.25, 0.3) is 0 Å². The zero-order valence-electron chi connectivity index (χ0n) is 20.0. The predicted molar refractivity (Wildman–Crippen MR) is 134 cm³/mol. The fourth-order valence-corrected chi connectivity index (χ4v) is 5.32. The summed E-state index contributed by atoms with van der Waals surface area (Å²) in [6, 6.07) is 17.5. The Balaban J connectivity index is 1.72. The number of hydrogen-bond acceptors (Lipinski definition) is 5. The van der Waals surface area contributed by atoms with Crippen molar-refractivity contribution in [1.82, 2.24) is 5.32 Å². The Bertz CT molecular complexity index is 1290. The summed E-state index contributed by atoms with van der Waals surface area (Å²) in [6.07, 6.45) is -0.592. The van der Waals surface area contributed by atoms with Crippen molar-refractivity contribution >= 4 is 28.3 Å². The highest BCUT2D eigenvalue weighted by Crippen LogP contribution is 2.36. The maximum Gasteiger partial charge on any atom is 0.259 e. The Morgan fingerprint density at radius 2 is 1.69 bits per heavy atom. The number of anilines is 1. The van der Waals surface area contributed by atoms with Crippen molar-refractivity contribution in [1.29, 1.82) is 0 Å². The number of amides is 2. The standard InChI is InChI=1S/C27H27FN2O5S/c1-3-34-25(35-4-2)16-29-26(31)18-13-14-24-22(15-18)30(17-19-9-5-7-11-21(19)28)27(32)20-10-6-8-12-23(20)36(24)33/h5-15,25H,3-4,16-17H2,1-2H3,(H,29,31)/t36-/m0/s1. The van der Waals surface area contributed by atoms with Gasteiger partial charge in [-0.2, -0.15) is 0 Å². The average Bonchev–Trinajstić information content (AvgIpc) is 2.98. The second kappa shape index (κ2) is 11.6. The number of nitrogens with one attached hydrogen (secondary N) is 1. The number of ether oxygens (including phenoxy) is 2. The molecule has 0 fully saturated rings. The molecule has 1 aliphatic rings. The van der Waals surface area contributed by atoms with Crippen molar-refractivity contribution in [2.45, 2.75) is 36.5 Å². The molecule has 0 bridgehead atoms. The molecule has 9 heteroatoms. The van der Waals surface area contributed by atoms with Gasteiger partial charge in [-0.25, -0.2) is 8.60 Å². The van der Waals surface area contributed by atoms with E-state index in [0.29, 0.717) is 28.6 Å². The molecule has 1 atom stereocenters. The Labute approximate surface area is 211 Å². The van der Waals surface area contributed by atoms with Crippen LogP contribution in [0.3, 0.4) is 0 Å². The van der Waals surface area contributed by atoms with E-state index in [1.54, 1.807) is 54.6 Å². The number of carbonyl (C=O) groups is 2. The molecule has 0 unspecified atom stereocenters. The molecule has 1 aliphatic heterocycles. The molecule has 0 radical (unpaired) electrons. The van der Waals surface area contributed by atoms with Crippen LogP contribution in [0.1, 0.15) is 40.1 Å². The lowest BCUT2D eigenvalue weighted by atomic mass is 10.1. The van der Waals surface area contributed by atoms with E-state index in [9.17, 15) is 18.2 Å². The van der Waals surface area contributed by atoms with Crippen LogP contribution in [0.5, 0.6) is 0 Å². The molecule has 2 amide bonds. The van der Waals surface area contributed by atoms with Gasteiger partial charge in [0.25, 0.3) is 11.8 Å². The van der Waals surface area contributed by atoms with E-state index in [4.69, 9.17) is 9.47 Å². The Kier molecular flexibility index (Phi) is 8.25. The van der Waals surface area contributed by atoms with Gasteiger partial charge in [-0.05, 0) is 50.2 Å². The van der Waals surface area contributed by atoms with Gasteiger partial charge < -0.3 is 19.7 Å². The predicted octanol–water partition coefficient (Wildman–Crippen LogP) is 4.28. The molecule has 1 N–H and O–H groups in total. The van der Waals surface area contributed by atoms with E-state index in [2.05, 4.69) is 5.32 Å². The second-order valence-electron chi connectivity index (χ2n) is 7.98. The minimum atomic E-state index is -1.68. The van der Waals surface area contributed by atoms with Crippen LogP contribution in [-0.4, -0.2) is 42.1 Å². The minimum absolute atomic E-state index is 0.0914. The van der Waals surface area contributed by atoms with Crippen molar-refractivity contribution in [2.24, 2.45) is 0 Å². The van der Waals surface area contributed by atoms with Gasteiger partial charge in [0.1, 0.15) is 5.82 Å². The maximum absolute atomic E-state index is 14.5.